The van der Waals surface area contributed by atoms with Gasteiger partial charge in [-0.25, -0.2) is 9.59 Å². The number of ether oxygens (including phenoxy) is 1. The molecule has 3 atom stereocenters. The van der Waals surface area contributed by atoms with Crippen molar-refractivity contribution >= 4 is 35.2 Å². The van der Waals surface area contributed by atoms with Crippen molar-refractivity contribution in [3.63, 3.8) is 0 Å². The monoisotopic (exact) mass is 602 g/mol. The van der Waals surface area contributed by atoms with Crippen LogP contribution in [-0.4, -0.2) is 77.1 Å². The molecule has 0 saturated carbocycles. The van der Waals surface area contributed by atoms with Gasteiger partial charge in [0.2, 0.25) is 11.8 Å². The lowest BCUT2D eigenvalue weighted by Gasteiger charge is -2.36. The summed E-state index contributed by atoms with van der Waals surface area (Å²) in [5, 5.41) is 15.4. The van der Waals surface area contributed by atoms with Crippen LogP contribution in [0.15, 0.2) is 72.8 Å². The number of hydrogen-bond donors (Lipinski definition) is 4. The Morgan fingerprint density at radius 3 is 2.14 bits per heavy atom. The normalized spacial score (nSPS) is 18.2. The van der Waals surface area contributed by atoms with E-state index in [9.17, 15) is 24.3 Å². The van der Waals surface area contributed by atoms with E-state index in [4.69, 9.17) is 10.5 Å². The number of hydrogen-bond acceptors (Lipinski definition) is 6. The van der Waals surface area contributed by atoms with Crippen molar-refractivity contribution < 1.29 is 33.5 Å². The van der Waals surface area contributed by atoms with Crippen LogP contribution in [-0.2, 0) is 27.3 Å². The maximum atomic E-state index is 13.9. The van der Waals surface area contributed by atoms with Crippen LogP contribution in [0.4, 0.5) is 16.2 Å². The molecule has 0 spiro atoms. The maximum absolute atomic E-state index is 13.9. The van der Waals surface area contributed by atoms with Gasteiger partial charge in [-0.1, -0.05) is 24.3 Å². The van der Waals surface area contributed by atoms with Crippen LogP contribution >= 0.6 is 0 Å². The molecule has 1 fully saturated rings. The number of quaternary nitrogens is 1. The molecule has 3 aromatic carbocycles. The molecule has 44 heavy (non-hydrogen) atoms. The van der Waals surface area contributed by atoms with Gasteiger partial charge in [0.05, 0.1) is 38.3 Å². The number of likely N-dealkylation sites (N-methyl/N-ethyl adjacent to an activating group) is 1. The Morgan fingerprint density at radius 1 is 0.955 bits per heavy atom. The summed E-state index contributed by atoms with van der Waals surface area (Å²) in [5.74, 6) is -1.13. The van der Waals surface area contributed by atoms with E-state index in [0.717, 1.165) is 23.4 Å². The molecule has 1 aliphatic heterocycles. The zero-order valence-corrected chi connectivity index (χ0v) is 25.3. The molecule has 4 rings (SSSR count). The third-order valence-corrected chi connectivity index (χ3v) is 7.80. The summed E-state index contributed by atoms with van der Waals surface area (Å²) in [6.07, 6.45) is 0.824. The van der Waals surface area contributed by atoms with E-state index in [-0.39, 0.29) is 30.7 Å². The lowest BCUT2D eigenvalue weighted by atomic mass is 10.0. The number of nitrogens with zero attached hydrogens (tertiary/aromatic N) is 2. The highest BCUT2D eigenvalue weighted by atomic mass is 16.5. The molecule has 4 amide bonds. The van der Waals surface area contributed by atoms with Gasteiger partial charge in [0.15, 0.2) is 0 Å². The topological polar surface area (TPSA) is 151 Å². The molecule has 11 nitrogen and oxygen atoms in total. The Labute approximate surface area is 257 Å². The smallest absolute Gasteiger partial charge is 0.338 e. The molecule has 1 heterocycles. The Morgan fingerprint density at radius 2 is 1.55 bits per heavy atom. The molecular weight excluding hydrogens is 562 g/mol. The third-order valence-electron chi connectivity index (χ3n) is 7.80. The summed E-state index contributed by atoms with van der Waals surface area (Å²) in [7, 11) is 2.12. The quantitative estimate of drug-likeness (QED) is 0.193. The molecule has 3 aromatic rings. The second kappa shape index (κ2) is 14.0. The van der Waals surface area contributed by atoms with Gasteiger partial charge >= 0.3 is 12.0 Å². The molecule has 232 valence electrons. The number of nitrogens with two attached hydrogens (primary N) is 1. The molecule has 1 aliphatic rings. The molecule has 11 heteroatoms. The van der Waals surface area contributed by atoms with Crippen LogP contribution in [0.5, 0.6) is 5.75 Å². The van der Waals surface area contributed by atoms with E-state index in [1.807, 2.05) is 24.3 Å². The molecule has 0 radical (unpaired) electrons. The van der Waals surface area contributed by atoms with E-state index >= 15 is 0 Å². The van der Waals surface area contributed by atoms with Crippen LogP contribution < -0.4 is 16.4 Å². The summed E-state index contributed by atoms with van der Waals surface area (Å²) in [4.78, 5) is 51.9. The first-order valence-electron chi connectivity index (χ1n) is 14.6. The molecule has 0 aliphatic carbocycles. The summed E-state index contributed by atoms with van der Waals surface area (Å²) in [6.45, 7) is 5.49. The van der Waals surface area contributed by atoms with E-state index in [1.54, 1.807) is 48.2 Å². The number of likely N-dealkylation sites (tertiary alicyclic amines) is 1. The van der Waals surface area contributed by atoms with Gasteiger partial charge in [0, 0.05) is 36.7 Å². The van der Waals surface area contributed by atoms with Gasteiger partial charge < -0.3 is 35.6 Å². The minimum Gasteiger partial charge on any atom is -0.508 e. The van der Waals surface area contributed by atoms with E-state index in [1.165, 1.54) is 19.1 Å². The number of amides is 4. The minimum atomic E-state index is -0.952. The van der Waals surface area contributed by atoms with Crippen molar-refractivity contribution in [3.8, 4) is 5.75 Å². The lowest BCUT2D eigenvalue weighted by molar-refractivity contribution is -0.911. The number of phenols is 1. The Balaban J connectivity index is 1.57. The number of phenolic OH excluding ortho intramolecular Hbond substituents is 1. The Bertz CT molecular complexity index is 1480. The fourth-order valence-corrected chi connectivity index (χ4v) is 5.71. The van der Waals surface area contributed by atoms with Crippen LogP contribution in [0.1, 0.15) is 41.8 Å². The van der Waals surface area contributed by atoms with Gasteiger partial charge in [-0.3, -0.25) is 9.59 Å². The highest BCUT2D eigenvalue weighted by Gasteiger charge is 2.43. The van der Waals surface area contributed by atoms with Crippen LogP contribution in [0.25, 0.3) is 0 Å². The molecule has 5 N–H and O–H groups in total. The minimum absolute atomic E-state index is 0.0965. The Kier molecular flexibility index (Phi) is 10.2. The van der Waals surface area contributed by atoms with Crippen molar-refractivity contribution in [1.82, 2.24) is 4.90 Å². The number of rotatable bonds is 11. The molecule has 1 unspecified atom stereocenters. The van der Waals surface area contributed by atoms with Crippen molar-refractivity contribution in [2.45, 2.75) is 45.3 Å². The van der Waals surface area contributed by atoms with Gasteiger partial charge in [-0.15, -0.1) is 0 Å². The average Bonchev–Trinajstić information content (AvgIpc) is 3.35. The Hall–Kier alpha value is -4.90. The average molecular weight is 603 g/mol. The van der Waals surface area contributed by atoms with E-state index in [2.05, 4.69) is 17.7 Å². The van der Waals surface area contributed by atoms with Gasteiger partial charge in [0.1, 0.15) is 18.3 Å². The van der Waals surface area contributed by atoms with E-state index < -0.39 is 23.9 Å². The number of carbonyl (C=O) groups excluding carboxylic acids is 4. The number of carbonyl (C=O) groups is 4. The molecular formula is C33H40N5O6+. The fourth-order valence-electron chi connectivity index (χ4n) is 5.71. The second-order valence-corrected chi connectivity index (χ2v) is 11.4. The zero-order chi connectivity index (χ0) is 31.9. The number of anilines is 2. The van der Waals surface area contributed by atoms with Crippen LogP contribution in [0, 0.1) is 0 Å². The van der Waals surface area contributed by atoms with Crippen molar-refractivity contribution in [2.24, 2.45) is 5.73 Å². The number of benzene rings is 3. The molecule has 0 aromatic heterocycles. The molecule has 1 saturated heterocycles. The van der Waals surface area contributed by atoms with Crippen LogP contribution in [0.2, 0.25) is 0 Å². The second-order valence-electron chi connectivity index (χ2n) is 11.4. The third kappa shape index (κ3) is 8.35. The first kappa shape index (κ1) is 32.0. The predicted molar refractivity (Wildman–Crippen MR) is 167 cm³/mol. The summed E-state index contributed by atoms with van der Waals surface area (Å²) < 4.78 is 5.67. The number of primary amides is 1. The maximum Gasteiger partial charge on any atom is 0.338 e. The standard InChI is InChI=1S/C33H39N5O6/c1-4-44-32(42)25-9-13-27(14-10-25)36-33(43)37(30(31(34)41)19-23-7-15-29(40)16-8-23)28-17-18-38(3,21-28)20-24-5-11-26(12-6-24)35-22(2)39/h5-16,28,30H,4,17-21H2,1-3H3,(H4-,34,35,36,39,40,41,42,43)/p+1/t28-,30+,38?/m1/s1. The van der Waals surface area contributed by atoms with Gasteiger partial charge in [-0.05, 0) is 61.0 Å². The summed E-state index contributed by atoms with van der Waals surface area (Å²) in [5.41, 5.74) is 9.30. The first-order chi connectivity index (χ1) is 21.0. The summed E-state index contributed by atoms with van der Waals surface area (Å²) >= 11 is 0. The number of aromatic hydroxyl groups is 1. The van der Waals surface area contributed by atoms with Gasteiger partial charge in [-0.2, -0.15) is 0 Å². The highest BCUT2D eigenvalue weighted by molar-refractivity contribution is 5.95. The van der Waals surface area contributed by atoms with Gasteiger partial charge in [0.25, 0.3) is 0 Å². The first-order valence-corrected chi connectivity index (χ1v) is 14.6. The van der Waals surface area contributed by atoms with Crippen molar-refractivity contribution in [2.75, 3.05) is 37.4 Å². The number of nitrogens with one attached hydrogen (secondary N) is 2. The SMILES string of the molecule is CCOC(=O)c1ccc(NC(=O)N([C@@H]2CC[N+](C)(Cc3ccc(NC(C)=O)cc3)C2)[C@@H](Cc2ccc(O)cc2)C(N)=O)cc1. The van der Waals surface area contributed by atoms with Crippen LogP contribution in [0.3, 0.4) is 0 Å². The summed E-state index contributed by atoms with van der Waals surface area (Å²) in [6, 6.07) is 18.8. The van der Waals surface area contributed by atoms with Crippen molar-refractivity contribution in [1.29, 1.82) is 0 Å². The zero-order valence-electron chi connectivity index (χ0n) is 25.3. The predicted octanol–water partition coefficient (Wildman–Crippen LogP) is 3.88. The highest BCUT2D eigenvalue weighted by Crippen LogP contribution is 2.28. The molecule has 0 bridgehead atoms. The van der Waals surface area contributed by atoms with Crippen molar-refractivity contribution in [3.05, 3.63) is 89.5 Å². The lowest BCUT2D eigenvalue weighted by Crippen LogP contribution is -2.56. The number of urea groups is 1. The largest absolute Gasteiger partial charge is 0.508 e. The number of esters is 1. The fraction of sp³-hybridized carbons (Fsp3) is 0.333. The van der Waals surface area contributed by atoms with E-state index in [0.29, 0.717) is 35.2 Å².